The number of hydrogen-bond acceptors (Lipinski definition) is 5. The molecule has 1 unspecified atom stereocenters. The van der Waals surface area contributed by atoms with Gasteiger partial charge in [0.15, 0.2) is 0 Å². The fourth-order valence-electron chi connectivity index (χ4n) is 0.271. The molecule has 0 aromatic carbocycles. The van der Waals surface area contributed by atoms with E-state index in [1.807, 2.05) is 20.8 Å². The predicted octanol–water partition coefficient (Wildman–Crippen LogP) is 1.90. The third-order valence-electron chi connectivity index (χ3n) is 1.57. The van der Waals surface area contributed by atoms with Gasteiger partial charge >= 0.3 is 5.97 Å². The van der Waals surface area contributed by atoms with Crippen molar-refractivity contribution in [2.75, 3.05) is 0 Å². The Morgan fingerprint density at radius 3 is 2.46 bits per heavy atom. The predicted molar refractivity (Wildman–Crippen MR) is 51.1 cm³/mol. The van der Waals surface area contributed by atoms with Crippen molar-refractivity contribution >= 4 is 18.6 Å². The first-order valence-electron chi connectivity index (χ1n) is 4.13. The van der Waals surface area contributed by atoms with E-state index in [1.165, 1.54) is 0 Å². The SMILES string of the molecule is CCC(C)(C)OOOC(=O)C(C)S. The van der Waals surface area contributed by atoms with Crippen LogP contribution in [0.25, 0.3) is 0 Å². The second-order valence-corrected chi connectivity index (χ2v) is 4.12. The van der Waals surface area contributed by atoms with Gasteiger partial charge in [0.25, 0.3) is 0 Å². The van der Waals surface area contributed by atoms with Crippen LogP contribution in [0.2, 0.25) is 0 Å². The molecule has 0 rings (SSSR count). The molecule has 78 valence electrons. The molecular weight excluding hydrogens is 192 g/mol. The summed E-state index contributed by atoms with van der Waals surface area (Å²) in [6, 6.07) is 0. The zero-order valence-corrected chi connectivity index (χ0v) is 9.26. The molecule has 0 aliphatic carbocycles. The highest BCUT2D eigenvalue weighted by Gasteiger charge is 2.19. The van der Waals surface area contributed by atoms with Crippen molar-refractivity contribution in [3.05, 3.63) is 0 Å². The molecular formula is C8H16O4S. The lowest BCUT2D eigenvalue weighted by molar-refractivity contribution is -0.516. The summed E-state index contributed by atoms with van der Waals surface area (Å²) in [4.78, 5) is 19.9. The molecule has 0 N–H and O–H groups in total. The lowest BCUT2D eigenvalue weighted by atomic mass is 10.1. The van der Waals surface area contributed by atoms with Crippen LogP contribution in [0.5, 0.6) is 0 Å². The number of carbonyl (C=O) groups is 1. The summed E-state index contributed by atoms with van der Waals surface area (Å²) in [5.74, 6) is -0.574. The van der Waals surface area contributed by atoms with Crippen LogP contribution in [0.4, 0.5) is 0 Å². The van der Waals surface area contributed by atoms with Crippen LogP contribution in [0.15, 0.2) is 0 Å². The summed E-state index contributed by atoms with van der Waals surface area (Å²) < 4.78 is 0. The molecule has 0 aliphatic heterocycles. The highest BCUT2D eigenvalue weighted by atomic mass is 32.1. The Balaban J connectivity index is 3.62. The van der Waals surface area contributed by atoms with Gasteiger partial charge in [-0.1, -0.05) is 6.92 Å². The molecule has 0 heterocycles. The molecule has 1 atom stereocenters. The average Bonchev–Trinajstić information content (AvgIpc) is 2.04. The van der Waals surface area contributed by atoms with E-state index in [9.17, 15) is 4.79 Å². The van der Waals surface area contributed by atoms with Crippen molar-refractivity contribution in [3.8, 4) is 0 Å². The zero-order chi connectivity index (χ0) is 10.5. The van der Waals surface area contributed by atoms with E-state index in [0.29, 0.717) is 0 Å². The highest BCUT2D eigenvalue weighted by molar-refractivity contribution is 7.81. The van der Waals surface area contributed by atoms with Gasteiger partial charge in [0.05, 0.1) is 0 Å². The Hall–Kier alpha value is -0.260. The molecule has 0 bridgehead atoms. The topological polar surface area (TPSA) is 44.8 Å². The molecule has 0 saturated heterocycles. The smallest absolute Gasteiger partial charge is 0.268 e. The van der Waals surface area contributed by atoms with Gasteiger partial charge in [-0.15, -0.1) is 0 Å². The molecule has 0 radical (unpaired) electrons. The van der Waals surface area contributed by atoms with Crippen molar-refractivity contribution in [3.63, 3.8) is 0 Å². The van der Waals surface area contributed by atoms with Crippen LogP contribution in [-0.4, -0.2) is 16.8 Å². The van der Waals surface area contributed by atoms with Crippen molar-refractivity contribution in [1.29, 1.82) is 0 Å². The first-order chi connectivity index (χ1) is 5.89. The molecule has 0 aromatic rings. The van der Waals surface area contributed by atoms with Crippen molar-refractivity contribution < 1.29 is 19.6 Å². The van der Waals surface area contributed by atoms with Crippen molar-refractivity contribution in [2.45, 2.75) is 45.0 Å². The Bertz CT molecular complexity index is 168. The van der Waals surface area contributed by atoms with Gasteiger partial charge in [0, 0.05) is 0 Å². The molecule has 5 heteroatoms. The molecule has 13 heavy (non-hydrogen) atoms. The quantitative estimate of drug-likeness (QED) is 0.426. The van der Waals surface area contributed by atoms with E-state index in [2.05, 4.69) is 22.6 Å². The monoisotopic (exact) mass is 208 g/mol. The van der Waals surface area contributed by atoms with Crippen molar-refractivity contribution in [1.82, 2.24) is 0 Å². The van der Waals surface area contributed by atoms with E-state index in [-0.39, 0.29) is 0 Å². The second kappa shape index (κ2) is 5.47. The third kappa shape index (κ3) is 5.90. The summed E-state index contributed by atoms with van der Waals surface area (Å²) in [5, 5.41) is 3.79. The van der Waals surface area contributed by atoms with Crippen LogP contribution in [0.3, 0.4) is 0 Å². The van der Waals surface area contributed by atoms with E-state index in [4.69, 9.17) is 4.89 Å². The summed E-state index contributed by atoms with van der Waals surface area (Å²) in [6.07, 6.45) is 0.751. The Morgan fingerprint density at radius 2 is 2.08 bits per heavy atom. The van der Waals surface area contributed by atoms with Gasteiger partial charge in [-0.3, -0.25) is 4.89 Å². The fourth-order valence-corrected chi connectivity index (χ4v) is 0.314. The summed E-state index contributed by atoms with van der Waals surface area (Å²) in [7, 11) is 0. The van der Waals surface area contributed by atoms with Crippen LogP contribution in [0.1, 0.15) is 34.1 Å². The van der Waals surface area contributed by atoms with E-state index in [1.54, 1.807) is 6.92 Å². The highest BCUT2D eigenvalue weighted by Crippen LogP contribution is 2.14. The normalized spacial score (nSPS) is 13.9. The fraction of sp³-hybridized carbons (Fsp3) is 0.875. The number of rotatable bonds is 5. The minimum absolute atomic E-state index is 0.458. The molecule has 0 aliphatic rings. The van der Waals surface area contributed by atoms with Gasteiger partial charge < -0.3 is 0 Å². The first-order valence-corrected chi connectivity index (χ1v) is 4.65. The largest absolute Gasteiger partial charge is 0.357 e. The van der Waals surface area contributed by atoms with Crippen LogP contribution >= 0.6 is 12.6 Å². The maximum Gasteiger partial charge on any atom is 0.357 e. The van der Waals surface area contributed by atoms with Crippen molar-refractivity contribution in [2.24, 2.45) is 0 Å². The van der Waals surface area contributed by atoms with Gasteiger partial charge in [-0.2, -0.15) is 17.5 Å². The third-order valence-corrected chi connectivity index (χ3v) is 1.78. The minimum atomic E-state index is -0.574. The first kappa shape index (κ1) is 12.7. The summed E-state index contributed by atoms with van der Waals surface area (Å²) in [6.45, 7) is 7.17. The van der Waals surface area contributed by atoms with Crippen LogP contribution < -0.4 is 0 Å². The molecule has 0 aromatic heterocycles. The molecule has 0 spiro atoms. The van der Waals surface area contributed by atoms with Crippen LogP contribution in [-0.2, 0) is 19.6 Å². The molecule has 0 fully saturated rings. The van der Waals surface area contributed by atoms with Gasteiger partial charge in [-0.25, -0.2) is 4.79 Å². The minimum Gasteiger partial charge on any atom is -0.268 e. The summed E-state index contributed by atoms with van der Waals surface area (Å²) in [5.41, 5.74) is -0.458. The Labute approximate surface area is 83.8 Å². The van der Waals surface area contributed by atoms with E-state index in [0.717, 1.165) is 6.42 Å². The maximum atomic E-state index is 10.8. The Morgan fingerprint density at radius 1 is 1.54 bits per heavy atom. The maximum absolute atomic E-state index is 10.8. The molecule has 4 nitrogen and oxygen atoms in total. The van der Waals surface area contributed by atoms with E-state index >= 15 is 0 Å². The second-order valence-electron chi connectivity index (χ2n) is 3.34. The number of carbonyl (C=O) groups excluding carboxylic acids is 1. The van der Waals surface area contributed by atoms with Gasteiger partial charge in [0.2, 0.25) is 0 Å². The summed E-state index contributed by atoms with van der Waals surface area (Å²) >= 11 is 3.85. The Kier molecular flexibility index (Phi) is 5.36. The molecule has 0 amide bonds. The lowest BCUT2D eigenvalue weighted by Crippen LogP contribution is -2.25. The zero-order valence-electron chi connectivity index (χ0n) is 8.36. The van der Waals surface area contributed by atoms with Gasteiger partial charge in [-0.05, 0) is 32.2 Å². The lowest BCUT2D eigenvalue weighted by Gasteiger charge is -2.19. The van der Waals surface area contributed by atoms with E-state index < -0.39 is 16.8 Å². The van der Waals surface area contributed by atoms with Crippen LogP contribution in [0, 0.1) is 0 Å². The number of hydrogen-bond donors (Lipinski definition) is 1. The van der Waals surface area contributed by atoms with Gasteiger partial charge in [0.1, 0.15) is 10.9 Å². The number of thiol groups is 1. The average molecular weight is 208 g/mol. The standard InChI is InChI=1S/C8H16O4S/c1-5-8(3,4)11-12-10-7(9)6(2)13/h6,13H,5H2,1-4H3. The molecule has 0 saturated carbocycles.